The Hall–Kier alpha value is -2.13. The molecule has 1 fully saturated rings. The second kappa shape index (κ2) is 6.78. The van der Waals surface area contributed by atoms with E-state index in [1.807, 2.05) is 12.1 Å². The Kier molecular flexibility index (Phi) is 4.35. The maximum absolute atomic E-state index is 13.0. The molecule has 4 rings (SSSR count). The van der Waals surface area contributed by atoms with E-state index in [9.17, 15) is 4.39 Å². The Balaban J connectivity index is 1.31. The van der Waals surface area contributed by atoms with Crippen LogP contribution in [0.25, 0.3) is 10.8 Å². The van der Waals surface area contributed by atoms with Crippen LogP contribution in [0.3, 0.4) is 0 Å². The van der Waals surface area contributed by atoms with Crippen LogP contribution in [0.5, 0.6) is 0 Å². The van der Waals surface area contributed by atoms with Crippen LogP contribution < -0.4 is 0 Å². The lowest BCUT2D eigenvalue weighted by molar-refractivity contribution is 0.167. The van der Waals surface area contributed by atoms with Crippen LogP contribution in [0.15, 0.2) is 60.9 Å². The topological polar surface area (TPSA) is 8.17 Å². The average Bonchev–Trinajstić information content (AvgIpc) is 3.01. The standard InChI is InChI=1S/C21H23FN2/c22-21-7-5-17(6-8-21)13-23-11-9-18(10-12-23)14-24-15-19-3-1-2-4-20(19)16-24/h1-8,15-16,18H,9-14H2. The van der Waals surface area contributed by atoms with E-state index in [0.717, 1.165) is 32.1 Å². The van der Waals surface area contributed by atoms with Crippen molar-refractivity contribution in [3.63, 3.8) is 0 Å². The van der Waals surface area contributed by atoms with Gasteiger partial charge in [0.2, 0.25) is 0 Å². The molecule has 0 spiro atoms. The van der Waals surface area contributed by atoms with Crippen molar-refractivity contribution in [2.45, 2.75) is 25.9 Å². The molecule has 0 radical (unpaired) electrons. The van der Waals surface area contributed by atoms with Gasteiger partial charge in [0.1, 0.15) is 5.82 Å². The molecule has 2 nitrogen and oxygen atoms in total. The predicted octanol–water partition coefficient (Wildman–Crippen LogP) is 4.69. The van der Waals surface area contributed by atoms with Gasteiger partial charge in [-0.15, -0.1) is 0 Å². The third kappa shape index (κ3) is 3.51. The van der Waals surface area contributed by atoms with Crippen molar-refractivity contribution in [3.8, 4) is 0 Å². The number of nitrogens with zero attached hydrogens (tertiary/aromatic N) is 2. The second-order valence-electron chi connectivity index (χ2n) is 6.93. The fourth-order valence-electron chi connectivity index (χ4n) is 3.72. The van der Waals surface area contributed by atoms with Crippen LogP contribution >= 0.6 is 0 Å². The highest BCUT2D eigenvalue weighted by Crippen LogP contribution is 2.23. The molecule has 2 aromatic carbocycles. The molecule has 1 aliphatic heterocycles. The zero-order valence-electron chi connectivity index (χ0n) is 13.9. The summed E-state index contributed by atoms with van der Waals surface area (Å²) < 4.78 is 15.3. The average molecular weight is 322 g/mol. The fourth-order valence-corrected chi connectivity index (χ4v) is 3.72. The normalized spacial score (nSPS) is 16.7. The molecule has 1 aromatic heterocycles. The summed E-state index contributed by atoms with van der Waals surface area (Å²) in [5, 5.41) is 2.65. The number of rotatable bonds is 4. The van der Waals surface area contributed by atoms with E-state index in [0.29, 0.717) is 0 Å². The summed E-state index contributed by atoms with van der Waals surface area (Å²) in [5.74, 6) is 0.591. The molecule has 3 aromatic rings. The van der Waals surface area contributed by atoms with Crippen LogP contribution in [0.2, 0.25) is 0 Å². The molecule has 0 amide bonds. The molecule has 0 bridgehead atoms. The van der Waals surface area contributed by atoms with E-state index in [1.165, 1.54) is 29.2 Å². The molecule has 1 saturated heterocycles. The van der Waals surface area contributed by atoms with Crippen LogP contribution in [-0.4, -0.2) is 22.6 Å². The van der Waals surface area contributed by atoms with Gasteiger partial charge in [0.15, 0.2) is 0 Å². The molecule has 0 saturated carbocycles. The minimum atomic E-state index is -0.156. The molecule has 0 aliphatic carbocycles. The van der Waals surface area contributed by atoms with Gasteiger partial charge in [-0.2, -0.15) is 0 Å². The number of hydrogen-bond acceptors (Lipinski definition) is 1. The van der Waals surface area contributed by atoms with Crippen LogP contribution in [0, 0.1) is 11.7 Å². The van der Waals surface area contributed by atoms with Gasteiger partial charge in [-0.1, -0.05) is 36.4 Å². The minimum absolute atomic E-state index is 0.156. The Morgan fingerprint density at radius 2 is 1.50 bits per heavy atom. The maximum Gasteiger partial charge on any atom is 0.123 e. The van der Waals surface area contributed by atoms with Gasteiger partial charge >= 0.3 is 0 Å². The molecule has 2 heterocycles. The summed E-state index contributed by atoms with van der Waals surface area (Å²) >= 11 is 0. The minimum Gasteiger partial charge on any atom is -0.353 e. The van der Waals surface area contributed by atoms with Crippen molar-refractivity contribution in [1.29, 1.82) is 0 Å². The lowest BCUT2D eigenvalue weighted by atomic mass is 9.96. The monoisotopic (exact) mass is 322 g/mol. The van der Waals surface area contributed by atoms with E-state index in [4.69, 9.17) is 0 Å². The van der Waals surface area contributed by atoms with Gasteiger partial charge in [-0.25, -0.2) is 4.39 Å². The molecular formula is C21H23FN2. The van der Waals surface area contributed by atoms with Gasteiger partial charge < -0.3 is 4.57 Å². The van der Waals surface area contributed by atoms with Crippen molar-refractivity contribution in [2.24, 2.45) is 5.92 Å². The molecule has 3 heteroatoms. The predicted molar refractivity (Wildman–Crippen MR) is 96.3 cm³/mol. The van der Waals surface area contributed by atoms with Crippen molar-refractivity contribution in [1.82, 2.24) is 9.47 Å². The number of piperidine rings is 1. The highest BCUT2D eigenvalue weighted by atomic mass is 19.1. The van der Waals surface area contributed by atoms with Crippen molar-refractivity contribution >= 4 is 10.8 Å². The van der Waals surface area contributed by atoms with Gasteiger partial charge in [-0.05, 0) is 60.3 Å². The number of likely N-dealkylation sites (tertiary alicyclic amines) is 1. The van der Waals surface area contributed by atoms with Gasteiger partial charge in [0.05, 0.1) is 0 Å². The summed E-state index contributed by atoms with van der Waals surface area (Å²) in [6, 6.07) is 15.5. The highest BCUT2D eigenvalue weighted by molar-refractivity contribution is 5.82. The first-order valence-electron chi connectivity index (χ1n) is 8.77. The number of hydrogen-bond donors (Lipinski definition) is 0. The third-order valence-electron chi connectivity index (χ3n) is 5.10. The van der Waals surface area contributed by atoms with Crippen molar-refractivity contribution in [2.75, 3.05) is 13.1 Å². The smallest absolute Gasteiger partial charge is 0.123 e. The molecule has 24 heavy (non-hydrogen) atoms. The first-order chi connectivity index (χ1) is 11.8. The lowest BCUT2D eigenvalue weighted by Gasteiger charge is -2.32. The summed E-state index contributed by atoms with van der Waals surface area (Å²) in [5.41, 5.74) is 1.20. The first kappa shape index (κ1) is 15.4. The SMILES string of the molecule is Fc1ccc(CN2CCC(Cn3cc4ccccc4c3)CC2)cc1. The van der Waals surface area contributed by atoms with Crippen molar-refractivity contribution in [3.05, 3.63) is 72.3 Å². The lowest BCUT2D eigenvalue weighted by Crippen LogP contribution is -2.34. The van der Waals surface area contributed by atoms with E-state index >= 15 is 0 Å². The third-order valence-corrected chi connectivity index (χ3v) is 5.10. The Morgan fingerprint density at radius 3 is 2.12 bits per heavy atom. The van der Waals surface area contributed by atoms with Gasteiger partial charge in [0, 0.05) is 25.5 Å². The zero-order chi connectivity index (χ0) is 16.4. The second-order valence-corrected chi connectivity index (χ2v) is 6.93. The number of aromatic nitrogens is 1. The summed E-state index contributed by atoms with van der Waals surface area (Å²) in [6.07, 6.45) is 6.99. The summed E-state index contributed by atoms with van der Waals surface area (Å²) in [4.78, 5) is 2.48. The fraction of sp³-hybridized carbons (Fsp3) is 0.333. The molecule has 1 aliphatic rings. The summed E-state index contributed by atoms with van der Waals surface area (Å²) in [6.45, 7) is 4.30. The van der Waals surface area contributed by atoms with Crippen LogP contribution in [0.4, 0.5) is 4.39 Å². The van der Waals surface area contributed by atoms with E-state index < -0.39 is 0 Å². The molecule has 124 valence electrons. The van der Waals surface area contributed by atoms with E-state index in [1.54, 1.807) is 12.1 Å². The van der Waals surface area contributed by atoms with Crippen LogP contribution in [-0.2, 0) is 13.1 Å². The largest absolute Gasteiger partial charge is 0.353 e. The van der Waals surface area contributed by atoms with Crippen molar-refractivity contribution < 1.29 is 4.39 Å². The Morgan fingerprint density at radius 1 is 0.875 bits per heavy atom. The molecule has 0 unspecified atom stereocenters. The highest BCUT2D eigenvalue weighted by Gasteiger charge is 2.19. The van der Waals surface area contributed by atoms with E-state index in [-0.39, 0.29) is 5.82 Å². The van der Waals surface area contributed by atoms with Gasteiger partial charge in [0.25, 0.3) is 0 Å². The van der Waals surface area contributed by atoms with Crippen LogP contribution in [0.1, 0.15) is 18.4 Å². The first-order valence-corrected chi connectivity index (χ1v) is 8.77. The van der Waals surface area contributed by atoms with Gasteiger partial charge in [-0.3, -0.25) is 4.90 Å². The Labute approximate surface area is 142 Å². The Bertz CT molecular complexity index is 765. The zero-order valence-corrected chi connectivity index (χ0v) is 13.9. The molecule has 0 atom stereocenters. The molecule has 0 N–H and O–H groups in total. The van der Waals surface area contributed by atoms with E-state index in [2.05, 4.69) is 46.1 Å². The summed E-state index contributed by atoms with van der Waals surface area (Å²) in [7, 11) is 0. The number of halogens is 1. The number of benzene rings is 2. The number of fused-ring (bicyclic) bond motifs is 1. The quantitative estimate of drug-likeness (QED) is 0.676. The maximum atomic E-state index is 13.0. The molecular weight excluding hydrogens is 299 g/mol.